The van der Waals surface area contributed by atoms with Gasteiger partial charge in [0, 0.05) is 39.8 Å². The van der Waals surface area contributed by atoms with Crippen molar-refractivity contribution in [2.45, 2.75) is 45.6 Å². The van der Waals surface area contributed by atoms with Crippen molar-refractivity contribution < 1.29 is 13.2 Å². The summed E-state index contributed by atoms with van der Waals surface area (Å²) in [7, 11) is -1.56. The molecule has 0 radical (unpaired) electrons. The largest absolute Gasteiger partial charge is 0.377 e. The molecule has 2 heterocycles. The van der Waals surface area contributed by atoms with Crippen molar-refractivity contribution in [3.05, 3.63) is 0 Å². The Labute approximate surface area is 146 Å². The van der Waals surface area contributed by atoms with E-state index in [0.717, 1.165) is 51.3 Å². The Morgan fingerprint density at radius 3 is 2.75 bits per heavy atom. The average Bonchev–Trinajstić information content (AvgIpc) is 2.90. The molecule has 2 aliphatic rings. The maximum absolute atomic E-state index is 12.1. The van der Waals surface area contributed by atoms with Crippen LogP contribution in [0.25, 0.3) is 0 Å². The molecule has 0 aromatic carbocycles. The third kappa shape index (κ3) is 6.22. The summed E-state index contributed by atoms with van der Waals surface area (Å²) < 4.78 is 32.4. The number of ether oxygens (including phenoxy) is 1. The standard InChI is InChI=1S/C16H32N4O3S/c1-16(2)7-9-20(13-16)15(17-3)18-8-11-24(21,22)19-12-14-6-4-5-10-23-14/h14,19H,4-13H2,1-3H3,(H,17,18). The van der Waals surface area contributed by atoms with Crippen LogP contribution in [-0.2, 0) is 14.8 Å². The van der Waals surface area contributed by atoms with Gasteiger partial charge in [-0.3, -0.25) is 4.99 Å². The highest BCUT2D eigenvalue weighted by Crippen LogP contribution is 2.28. The van der Waals surface area contributed by atoms with Gasteiger partial charge >= 0.3 is 0 Å². The Bertz CT molecular complexity index is 527. The predicted octanol–water partition coefficient (Wildman–Crippen LogP) is 0.782. The van der Waals surface area contributed by atoms with E-state index in [4.69, 9.17) is 4.74 Å². The SMILES string of the molecule is CN=C(NCCS(=O)(=O)NCC1CCCCO1)N1CCC(C)(C)C1. The highest BCUT2D eigenvalue weighted by atomic mass is 32.2. The first-order valence-corrected chi connectivity index (χ1v) is 10.5. The van der Waals surface area contributed by atoms with Crippen LogP contribution in [0, 0.1) is 5.41 Å². The molecular weight excluding hydrogens is 328 g/mol. The molecule has 0 spiro atoms. The number of aliphatic imine (C=N–C) groups is 1. The molecular formula is C16H32N4O3S. The van der Waals surface area contributed by atoms with Crippen LogP contribution in [0.1, 0.15) is 39.5 Å². The molecule has 0 amide bonds. The highest BCUT2D eigenvalue weighted by molar-refractivity contribution is 7.89. The fraction of sp³-hybridized carbons (Fsp3) is 0.938. The first-order chi connectivity index (χ1) is 11.3. The third-order valence-electron chi connectivity index (χ3n) is 4.65. The van der Waals surface area contributed by atoms with Crippen LogP contribution in [0.5, 0.6) is 0 Å². The van der Waals surface area contributed by atoms with E-state index in [1.165, 1.54) is 0 Å². The Morgan fingerprint density at radius 1 is 1.38 bits per heavy atom. The normalized spacial score (nSPS) is 25.0. The van der Waals surface area contributed by atoms with Crippen molar-refractivity contribution in [3.8, 4) is 0 Å². The molecule has 2 saturated heterocycles. The molecule has 0 bridgehead atoms. The summed E-state index contributed by atoms with van der Waals surface area (Å²) in [5.41, 5.74) is 0.283. The van der Waals surface area contributed by atoms with Gasteiger partial charge in [-0.15, -0.1) is 0 Å². The molecule has 2 fully saturated rings. The van der Waals surface area contributed by atoms with E-state index in [1.807, 2.05) is 0 Å². The summed E-state index contributed by atoms with van der Waals surface area (Å²) in [6.45, 7) is 7.83. The van der Waals surface area contributed by atoms with Crippen LogP contribution in [0.4, 0.5) is 0 Å². The maximum atomic E-state index is 12.1. The molecule has 140 valence electrons. The van der Waals surface area contributed by atoms with Crippen molar-refractivity contribution in [1.29, 1.82) is 0 Å². The van der Waals surface area contributed by atoms with Crippen molar-refractivity contribution in [2.24, 2.45) is 10.4 Å². The molecule has 24 heavy (non-hydrogen) atoms. The molecule has 1 unspecified atom stereocenters. The summed E-state index contributed by atoms with van der Waals surface area (Å²) in [5, 5.41) is 3.17. The number of guanidine groups is 1. The number of nitrogens with one attached hydrogen (secondary N) is 2. The van der Waals surface area contributed by atoms with Crippen LogP contribution in [0.3, 0.4) is 0 Å². The van der Waals surface area contributed by atoms with Gasteiger partial charge in [0.2, 0.25) is 10.0 Å². The van der Waals surface area contributed by atoms with Crippen LogP contribution >= 0.6 is 0 Å². The zero-order valence-corrected chi connectivity index (χ0v) is 16.0. The molecule has 0 aromatic heterocycles. The van der Waals surface area contributed by atoms with Crippen molar-refractivity contribution >= 4 is 16.0 Å². The van der Waals surface area contributed by atoms with E-state index in [1.54, 1.807) is 7.05 Å². The zero-order valence-electron chi connectivity index (χ0n) is 15.2. The molecule has 2 N–H and O–H groups in total. The molecule has 0 aliphatic carbocycles. The van der Waals surface area contributed by atoms with Gasteiger partial charge in [-0.2, -0.15) is 0 Å². The predicted molar refractivity (Wildman–Crippen MR) is 96.7 cm³/mol. The lowest BCUT2D eigenvalue weighted by atomic mass is 9.93. The van der Waals surface area contributed by atoms with Crippen LogP contribution in [-0.4, -0.2) is 71.0 Å². The van der Waals surface area contributed by atoms with E-state index in [2.05, 4.69) is 33.8 Å². The Hall–Kier alpha value is -0.860. The van der Waals surface area contributed by atoms with Gasteiger partial charge in [-0.25, -0.2) is 13.1 Å². The van der Waals surface area contributed by atoms with Gasteiger partial charge in [-0.05, 0) is 31.1 Å². The number of nitrogens with zero attached hydrogens (tertiary/aromatic N) is 2. The van der Waals surface area contributed by atoms with Crippen LogP contribution in [0.2, 0.25) is 0 Å². The number of rotatable bonds is 6. The summed E-state index contributed by atoms with van der Waals surface area (Å²) in [6, 6.07) is 0. The van der Waals surface area contributed by atoms with Gasteiger partial charge in [0.1, 0.15) is 0 Å². The smallest absolute Gasteiger partial charge is 0.213 e. The number of hydrogen-bond acceptors (Lipinski definition) is 4. The lowest BCUT2D eigenvalue weighted by Crippen LogP contribution is -2.44. The minimum atomic E-state index is -3.30. The Balaban J connectivity index is 1.71. The molecule has 0 aromatic rings. The van der Waals surface area contributed by atoms with Crippen LogP contribution in [0.15, 0.2) is 4.99 Å². The topological polar surface area (TPSA) is 83.0 Å². The molecule has 7 nitrogen and oxygen atoms in total. The number of likely N-dealkylation sites (tertiary alicyclic amines) is 1. The summed E-state index contributed by atoms with van der Waals surface area (Å²) in [5.74, 6) is 0.821. The number of sulfonamides is 1. The van der Waals surface area contributed by atoms with E-state index in [9.17, 15) is 8.42 Å². The van der Waals surface area contributed by atoms with E-state index < -0.39 is 10.0 Å². The molecule has 2 aliphatic heterocycles. The van der Waals surface area contributed by atoms with Crippen LogP contribution < -0.4 is 10.0 Å². The molecule has 0 saturated carbocycles. The summed E-state index contributed by atoms with van der Waals surface area (Å²) >= 11 is 0. The molecule has 2 rings (SSSR count). The summed E-state index contributed by atoms with van der Waals surface area (Å²) in [6.07, 6.45) is 4.24. The minimum absolute atomic E-state index is 0.0149. The quantitative estimate of drug-likeness (QED) is 0.540. The fourth-order valence-electron chi connectivity index (χ4n) is 3.18. The Morgan fingerprint density at radius 2 is 2.17 bits per heavy atom. The lowest BCUT2D eigenvalue weighted by Gasteiger charge is -2.24. The van der Waals surface area contributed by atoms with Gasteiger partial charge in [0.15, 0.2) is 5.96 Å². The van der Waals surface area contributed by atoms with E-state index in [-0.39, 0.29) is 17.3 Å². The van der Waals surface area contributed by atoms with E-state index >= 15 is 0 Å². The first kappa shape index (κ1) is 19.5. The average molecular weight is 361 g/mol. The second kappa shape index (κ2) is 8.49. The van der Waals surface area contributed by atoms with Gasteiger partial charge in [0.05, 0.1) is 11.9 Å². The second-order valence-electron chi connectivity index (χ2n) is 7.47. The fourth-order valence-corrected chi connectivity index (χ4v) is 4.14. The van der Waals surface area contributed by atoms with Crippen molar-refractivity contribution in [3.63, 3.8) is 0 Å². The monoisotopic (exact) mass is 360 g/mol. The van der Waals surface area contributed by atoms with Gasteiger partial charge in [-0.1, -0.05) is 13.8 Å². The Kier molecular flexibility index (Phi) is 6.88. The highest BCUT2D eigenvalue weighted by Gasteiger charge is 2.30. The minimum Gasteiger partial charge on any atom is -0.377 e. The zero-order chi connectivity index (χ0) is 17.6. The third-order valence-corrected chi connectivity index (χ3v) is 6.00. The molecule has 8 heteroatoms. The van der Waals surface area contributed by atoms with Crippen molar-refractivity contribution in [2.75, 3.05) is 45.6 Å². The van der Waals surface area contributed by atoms with Crippen molar-refractivity contribution in [1.82, 2.24) is 14.9 Å². The van der Waals surface area contributed by atoms with E-state index in [0.29, 0.717) is 13.1 Å². The molecule has 1 atom stereocenters. The van der Waals surface area contributed by atoms with Gasteiger partial charge < -0.3 is 15.0 Å². The second-order valence-corrected chi connectivity index (χ2v) is 9.39. The number of hydrogen-bond donors (Lipinski definition) is 2. The lowest BCUT2D eigenvalue weighted by molar-refractivity contribution is 0.0200. The maximum Gasteiger partial charge on any atom is 0.213 e. The van der Waals surface area contributed by atoms with Gasteiger partial charge in [0.25, 0.3) is 0 Å². The summed E-state index contributed by atoms with van der Waals surface area (Å²) in [4.78, 5) is 6.46. The first-order valence-electron chi connectivity index (χ1n) is 8.86.